The fourth-order valence-electron chi connectivity index (χ4n) is 3.50. The molecule has 1 aromatic carbocycles. The maximum atomic E-state index is 13.1. The zero-order chi connectivity index (χ0) is 21.8. The van der Waals surface area contributed by atoms with Gasteiger partial charge in [-0.1, -0.05) is 18.5 Å². The molecular formula is C20H32ClN3O4S. The second kappa shape index (κ2) is 10.2. The second-order valence-electron chi connectivity index (χ2n) is 7.70. The Kier molecular flexibility index (Phi) is 8.48. The summed E-state index contributed by atoms with van der Waals surface area (Å²) >= 11 is 6.20. The van der Waals surface area contributed by atoms with Crippen molar-refractivity contribution in [2.24, 2.45) is 0 Å². The Labute approximate surface area is 179 Å². The molecule has 7 nitrogen and oxygen atoms in total. The first-order valence-corrected chi connectivity index (χ1v) is 11.9. The van der Waals surface area contributed by atoms with Crippen LogP contribution in [0.1, 0.15) is 45.0 Å². The number of nitrogens with zero attached hydrogens (tertiary/aromatic N) is 2. The SMILES string of the molecule is CCN(CCNC(=O)c1ccc(Cl)c(S(=O)(=O)N2CC(C)OC(C)C2)c1)C(C)C. The molecular weight excluding hydrogens is 414 g/mol. The molecule has 2 unspecified atom stereocenters. The van der Waals surface area contributed by atoms with Crippen molar-refractivity contribution in [3.8, 4) is 0 Å². The van der Waals surface area contributed by atoms with E-state index in [9.17, 15) is 13.2 Å². The van der Waals surface area contributed by atoms with Crippen molar-refractivity contribution in [1.82, 2.24) is 14.5 Å². The van der Waals surface area contributed by atoms with E-state index in [1.807, 2.05) is 13.8 Å². The molecule has 0 bridgehead atoms. The van der Waals surface area contributed by atoms with Crippen molar-refractivity contribution in [2.75, 3.05) is 32.7 Å². The van der Waals surface area contributed by atoms with Crippen molar-refractivity contribution in [3.63, 3.8) is 0 Å². The molecule has 1 aromatic rings. The highest BCUT2D eigenvalue weighted by atomic mass is 35.5. The van der Waals surface area contributed by atoms with Crippen LogP contribution >= 0.6 is 11.6 Å². The topological polar surface area (TPSA) is 79.0 Å². The first kappa shape index (κ1) is 24.1. The summed E-state index contributed by atoms with van der Waals surface area (Å²) in [5.41, 5.74) is 0.273. The summed E-state index contributed by atoms with van der Waals surface area (Å²) in [5, 5.41) is 2.96. The molecule has 0 radical (unpaired) electrons. The van der Waals surface area contributed by atoms with E-state index >= 15 is 0 Å². The van der Waals surface area contributed by atoms with Crippen molar-refractivity contribution < 1.29 is 17.9 Å². The zero-order valence-corrected chi connectivity index (χ0v) is 19.4. The Balaban J connectivity index is 2.15. The number of benzene rings is 1. The number of nitrogens with one attached hydrogen (secondary N) is 1. The monoisotopic (exact) mass is 445 g/mol. The molecule has 0 aromatic heterocycles. The highest BCUT2D eigenvalue weighted by molar-refractivity contribution is 7.89. The Morgan fingerprint density at radius 3 is 2.48 bits per heavy atom. The number of amides is 1. The van der Waals surface area contributed by atoms with Crippen LogP contribution in [-0.2, 0) is 14.8 Å². The average molecular weight is 446 g/mol. The summed E-state index contributed by atoms with van der Waals surface area (Å²) < 4.78 is 33.3. The molecule has 1 fully saturated rings. The summed E-state index contributed by atoms with van der Waals surface area (Å²) in [6.07, 6.45) is -0.414. The Morgan fingerprint density at radius 1 is 1.31 bits per heavy atom. The molecule has 1 heterocycles. The zero-order valence-electron chi connectivity index (χ0n) is 17.8. The van der Waals surface area contributed by atoms with Gasteiger partial charge in [-0.25, -0.2) is 8.42 Å². The van der Waals surface area contributed by atoms with E-state index in [0.717, 1.165) is 13.1 Å². The van der Waals surface area contributed by atoms with Gasteiger partial charge in [0.2, 0.25) is 10.0 Å². The predicted octanol–water partition coefficient (Wildman–Crippen LogP) is 2.60. The molecule has 1 aliphatic heterocycles. The van der Waals surface area contributed by atoms with Crippen molar-refractivity contribution in [2.45, 2.75) is 57.8 Å². The maximum Gasteiger partial charge on any atom is 0.251 e. The molecule has 9 heteroatoms. The van der Waals surface area contributed by atoms with Crippen LogP contribution in [0.4, 0.5) is 0 Å². The smallest absolute Gasteiger partial charge is 0.251 e. The number of morpholine rings is 1. The van der Waals surface area contributed by atoms with E-state index in [4.69, 9.17) is 16.3 Å². The number of halogens is 1. The quantitative estimate of drug-likeness (QED) is 0.665. The number of hydrogen-bond acceptors (Lipinski definition) is 5. The largest absolute Gasteiger partial charge is 0.373 e. The van der Waals surface area contributed by atoms with Gasteiger partial charge in [0.05, 0.1) is 17.2 Å². The molecule has 29 heavy (non-hydrogen) atoms. The van der Waals surface area contributed by atoms with Crippen LogP contribution in [0.15, 0.2) is 23.1 Å². The maximum absolute atomic E-state index is 13.1. The van der Waals surface area contributed by atoms with Crippen LogP contribution in [0.25, 0.3) is 0 Å². The van der Waals surface area contributed by atoms with Gasteiger partial charge in [-0.05, 0) is 52.4 Å². The van der Waals surface area contributed by atoms with E-state index in [0.29, 0.717) is 12.6 Å². The van der Waals surface area contributed by atoms with Crippen LogP contribution in [0.2, 0.25) is 5.02 Å². The standard InChI is InChI=1S/C20H32ClN3O4S/c1-6-23(14(2)3)10-9-22-20(25)17-7-8-18(21)19(11-17)29(26,27)24-12-15(4)28-16(5)13-24/h7-8,11,14-16H,6,9-10,12-13H2,1-5H3,(H,22,25). The summed E-state index contributed by atoms with van der Waals surface area (Å²) in [7, 11) is -3.83. The molecule has 1 amide bonds. The second-order valence-corrected chi connectivity index (χ2v) is 10.0. The molecule has 2 rings (SSSR count). The van der Waals surface area contributed by atoms with E-state index in [2.05, 4.69) is 31.0 Å². The number of sulfonamides is 1. The molecule has 164 valence electrons. The highest BCUT2D eigenvalue weighted by Crippen LogP contribution is 2.28. The highest BCUT2D eigenvalue weighted by Gasteiger charge is 2.33. The van der Waals surface area contributed by atoms with Gasteiger partial charge < -0.3 is 10.1 Å². The van der Waals surface area contributed by atoms with Gasteiger partial charge in [-0.2, -0.15) is 4.31 Å². The Bertz CT molecular complexity index is 806. The first-order chi connectivity index (χ1) is 13.6. The number of carbonyl (C=O) groups is 1. The molecule has 0 saturated carbocycles. The molecule has 2 atom stereocenters. The lowest BCUT2D eigenvalue weighted by molar-refractivity contribution is -0.0440. The van der Waals surface area contributed by atoms with Gasteiger partial charge in [0.15, 0.2) is 0 Å². The summed E-state index contributed by atoms with van der Waals surface area (Å²) in [6, 6.07) is 4.75. The minimum atomic E-state index is -3.83. The summed E-state index contributed by atoms with van der Waals surface area (Å²) in [4.78, 5) is 14.7. The number of rotatable bonds is 8. The van der Waals surface area contributed by atoms with Gasteiger partial charge in [-0.15, -0.1) is 0 Å². The van der Waals surface area contributed by atoms with E-state index in [-0.39, 0.29) is 46.7 Å². The fourth-order valence-corrected chi connectivity index (χ4v) is 5.60. The van der Waals surface area contributed by atoms with E-state index in [1.54, 1.807) is 6.07 Å². The number of hydrogen-bond donors (Lipinski definition) is 1. The fraction of sp³-hybridized carbons (Fsp3) is 0.650. The van der Waals surface area contributed by atoms with Crippen LogP contribution < -0.4 is 5.32 Å². The molecule has 0 spiro atoms. The molecule has 1 N–H and O–H groups in total. The number of likely N-dealkylation sites (N-methyl/N-ethyl adjacent to an activating group) is 1. The predicted molar refractivity (Wildman–Crippen MR) is 115 cm³/mol. The third kappa shape index (κ3) is 6.15. The van der Waals surface area contributed by atoms with Crippen molar-refractivity contribution >= 4 is 27.5 Å². The van der Waals surface area contributed by atoms with Crippen molar-refractivity contribution in [3.05, 3.63) is 28.8 Å². The lowest BCUT2D eigenvalue weighted by atomic mass is 10.2. The lowest BCUT2D eigenvalue weighted by Gasteiger charge is -2.34. The summed E-state index contributed by atoms with van der Waals surface area (Å²) in [6.45, 7) is 12.6. The minimum absolute atomic E-state index is 0.0505. The van der Waals surface area contributed by atoms with E-state index < -0.39 is 10.0 Å². The van der Waals surface area contributed by atoms with Crippen LogP contribution in [0.5, 0.6) is 0 Å². The van der Waals surface area contributed by atoms with Gasteiger partial charge in [0.25, 0.3) is 5.91 Å². The Morgan fingerprint density at radius 2 is 1.93 bits per heavy atom. The van der Waals surface area contributed by atoms with Crippen LogP contribution in [-0.4, -0.2) is 74.5 Å². The lowest BCUT2D eigenvalue weighted by Crippen LogP contribution is -2.48. The molecule has 1 saturated heterocycles. The Hall–Kier alpha value is -1.19. The normalized spacial score (nSPS) is 21.0. The average Bonchev–Trinajstić information content (AvgIpc) is 2.64. The number of ether oxygens (including phenoxy) is 1. The van der Waals surface area contributed by atoms with Gasteiger partial charge in [0, 0.05) is 37.8 Å². The molecule has 0 aliphatic carbocycles. The number of carbonyl (C=O) groups excluding carboxylic acids is 1. The molecule has 1 aliphatic rings. The third-order valence-corrected chi connectivity index (χ3v) is 7.33. The van der Waals surface area contributed by atoms with Crippen LogP contribution in [0, 0.1) is 0 Å². The van der Waals surface area contributed by atoms with Gasteiger partial charge in [0.1, 0.15) is 4.90 Å². The minimum Gasteiger partial charge on any atom is -0.373 e. The van der Waals surface area contributed by atoms with Crippen LogP contribution in [0.3, 0.4) is 0 Å². The summed E-state index contributed by atoms with van der Waals surface area (Å²) in [5.74, 6) is -0.318. The van der Waals surface area contributed by atoms with Crippen molar-refractivity contribution in [1.29, 1.82) is 0 Å². The van der Waals surface area contributed by atoms with Gasteiger partial charge >= 0.3 is 0 Å². The van der Waals surface area contributed by atoms with E-state index in [1.165, 1.54) is 16.4 Å². The third-order valence-electron chi connectivity index (χ3n) is 5.02. The van der Waals surface area contributed by atoms with Gasteiger partial charge in [-0.3, -0.25) is 9.69 Å². The first-order valence-electron chi connectivity index (χ1n) is 10.0.